The smallest absolute Gasteiger partial charge is 0.220 e. The molecule has 0 radical (unpaired) electrons. The number of carbonyl (C=O) groups excluding carboxylic acids is 1. The summed E-state index contributed by atoms with van der Waals surface area (Å²) >= 11 is 0. The number of amides is 1. The average Bonchev–Trinajstić information content (AvgIpc) is 2.97. The van der Waals surface area contributed by atoms with Gasteiger partial charge in [0.05, 0.1) is 18.8 Å². The Morgan fingerprint density at radius 3 is 1.10 bits per heavy atom. The number of hydrogen-bond acceptors (Lipinski definition) is 3. The fraction of sp³-hybridized carbons (Fsp3) is 0.973. The van der Waals surface area contributed by atoms with Gasteiger partial charge in [-0.3, -0.25) is 4.79 Å². The molecule has 0 aliphatic rings. The summed E-state index contributed by atoms with van der Waals surface area (Å²) in [7, 11) is 0. The van der Waals surface area contributed by atoms with Gasteiger partial charge >= 0.3 is 0 Å². The molecule has 0 fully saturated rings. The fourth-order valence-electron chi connectivity index (χ4n) is 5.95. The molecule has 0 aliphatic carbocycles. The van der Waals surface area contributed by atoms with Gasteiger partial charge in [-0.2, -0.15) is 0 Å². The van der Waals surface area contributed by atoms with Gasteiger partial charge in [0, 0.05) is 6.42 Å². The number of nitrogens with one attached hydrogen (secondary N) is 1. The molecular formula is C37H75NO3. The second-order valence-corrected chi connectivity index (χ2v) is 13.0. The highest BCUT2D eigenvalue weighted by Crippen LogP contribution is 2.16. The molecule has 246 valence electrons. The third-order valence-electron chi connectivity index (χ3n) is 8.87. The van der Waals surface area contributed by atoms with E-state index in [9.17, 15) is 15.0 Å². The number of aliphatic hydroxyl groups is 2. The number of aliphatic hydroxyl groups excluding tert-OH is 2. The first-order valence-corrected chi connectivity index (χ1v) is 18.7. The van der Waals surface area contributed by atoms with E-state index in [2.05, 4.69) is 19.2 Å². The van der Waals surface area contributed by atoms with E-state index in [0.717, 1.165) is 25.7 Å². The molecule has 0 spiro atoms. The first-order valence-electron chi connectivity index (χ1n) is 18.7. The molecule has 0 aromatic heterocycles. The minimum atomic E-state index is -0.651. The number of hydrogen-bond donors (Lipinski definition) is 3. The van der Waals surface area contributed by atoms with Crippen molar-refractivity contribution in [1.82, 2.24) is 5.32 Å². The largest absolute Gasteiger partial charge is 0.394 e. The monoisotopic (exact) mass is 582 g/mol. The van der Waals surface area contributed by atoms with Crippen molar-refractivity contribution in [2.75, 3.05) is 6.61 Å². The van der Waals surface area contributed by atoms with Gasteiger partial charge in [-0.1, -0.05) is 194 Å². The van der Waals surface area contributed by atoms with E-state index >= 15 is 0 Å². The molecule has 2 atom stereocenters. The van der Waals surface area contributed by atoms with Crippen molar-refractivity contribution in [2.45, 2.75) is 225 Å². The summed E-state index contributed by atoms with van der Waals surface area (Å²) < 4.78 is 0. The Labute approximate surface area is 257 Å². The molecule has 0 heterocycles. The van der Waals surface area contributed by atoms with Gasteiger partial charge in [-0.25, -0.2) is 0 Å². The zero-order chi connectivity index (χ0) is 30.1. The van der Waals surface area contributed by atoms with Crippen LogP contribution in [0.25, 0.3) is 0 Å². The van der Waals surface area contributed by atoms with Gasteiger partial charge in [0.25, 0.3) is 0 Å². The Kier molecular flexibility index (Phi) is 33.4. The molecule has 0 saturated heterocycles. The second kappa shape index (κ2) is 33.9. The SMILES string of the molecule is CCCCCCCCCCCCCCCCCCC(=O)NC(CO)C(O)CCCCCCCCCCCCCCC. The number of carbonyl (C=O) groups is 1. The van der Waals surface area contributed by atoms with E-state index in [1.165, 1.54) is 161 Å². The molecular weight excluding hydrogens is 506 g/mol. The standard InChI is InChI=1S/C37H75NO3/c1-3-5-7-9-11-13-15-17-18-19-21-23-25-27-29-31-33-37(41)38-35(34-39)36(40)32-30-28-26-24-22-20-16-14-12-10-8-6-4-2/h35-36,39-40H,3-34H2,1-2H3,(H,38,41). The van der Waals surface area contributed by atoms with E-state index in [1.807, 2.05) is 0 Å². The quantitative estimate of drug-likeness (QED) is 0.0662. The van der Waals surface area contributed by atoms with Gasteiger partial charge in [0.1, 0.15) is 0 Å². The van der Waals surface area contributed by atoms with Crippen LogP contribution in [0.4, 0.5) is 0 Å². The second-order valence-electron chi connectivity index (χ2n) is 13.0. The third-order valence-corrected chi connectivity index (χ3v) is 8.87. The number of rotatable bonds is 34. The van der Waals surface area contributed by atoms with Crippen LogP contribution in [0, 0.1) is 0 Å². The van der Waals surface area contributed by atoms with Gasteiger partial charge in [0.2, 0.25) is 5.91 Å². The molecule has 0 saturated carbocycles. The van der Waals surface area contributed by atoms with E-state index in [1.54, 1.807) is 0 Å². The topological polar surface area (TPSA) is 69.6 Å². The zero-order valence-corrected chi connectivity index (χ0v) is 28.1. The van der Waals surface area contributed by atoms with Crippen molar-refractivity contribution in [3.05, 3.63) is 0 Å². The van der Waals surface area contributed by atoms with Crippen molar-refractivity contribution in [1.29, 1.82) is 0 Å². The van der Waals surface area contributed by atoms with Crippen molar-refractivity contribution in [2.24, 2.45) is 0 Å². The summed E-state index contributed by atoms with van der Waals surface area (Å²) in [5.74, 6) is -0.0289. The van der Waals surface area contributed by atoms with E-state index in [0.29, 0.717) is 12.8 Å². The molecule has 4 nitrogen and oxygen atoms in total. The highest BCUT2D eigenvalue weighted by molar-refractivity contribution is 5.76. The first-order chi connectivity index (χ1) is 20.2. The van der Waals surface area contributed by atoms with Gasteiger partial charge in [-0.15, -0.1) is 0 Å². The Morgan fingerprint density at radius 2 is 0.780 bits per heavy atom. The minimum Gasteiger partial charge on any atom is -0.394 e. The maximum absolute atomic E-state index is 12.3. The van der Waals surface area contributed by atoms with Gasteiger partial charge in [0.15, 0.2) is 0 Å². The summed E-state index contributed by atoms with van der Waals surface area (Å²) in [6.45, 7) is 4.36. The highest BCUT2D eigenvalue weighted by Gasteiger charge is 2.19. The van der Waals surface area contributed by atoms with Crippen LogP contribution in [0.1, 0.15) is 213 Å². The maximum Gasteiger partial charge on any atom is 0.220 e. The Balaban J connectivity index is 3.51. The van der Waals surface area contributed by atoms with E-state index in [4.69, 9.17) is 0 Å². The fourth-order valence-corrected chi connectivity index (χ4v) is 5.95. The molecule has 0 aliphatic heterocycles. The lowest BCUT2D eigenvalue weighted by Gasteiger charge is -2.22. The van der Waals surface area contributed by atoms with Crippen LogP contribution >= 0.6 is 0 Å². The summed E-state index contributed by atoms with van der Waals surface area (Å²) in [6.07, 6.45) is 38.7. The lowest BCUT2D eigenvalue weighted by molar-refractivity contribution is -0.123. The third kappa shape index (κ3) is 30.6. The number of unbranched alkanes of at least 4 members (excludes halogenated alkanes) is 27. The van der Waals surface area contributed by atoms with Crippen LogP contribution in [0.5, 0.6) is 0 Å². The molecule has 1 amide bonds. The molecule has 3 N–H and O–H groups in total. The van der Waals surface area contributed by atoms with Crippen molar-refractivity contribution in [3.63, 3.8) is 0 Å². The summed E-state index contributed by atoms with van der Waals surface area (Å²) in [4.78, 5) is 12.3. The van der Waals surface area contributed by atoms with E-state index in [-0.39, 0.29) is 12.5 Å². The Morgan fingerprint density at radius 1 is 0.488 bits per heavy atom. The van der Waals surface area contributed by atoms with Crippen LogP contribution in [-0.2, 0) is 4.79 Å². The summed E-state index contributed by atoms with van der Waals surface area (Å²) in [5.41, 5.74) is 0. The highest BCUT2D eigenvalue weighted by atomic mass is 16.3. The Hall–Kier alpha value is -0.610. The minimum absolute atomic E-state index is 0.0289. The Bertz CT molecular complexity index is 512. The lowest BCUT2D eigenvalue weighted by Crippen LogP contribution is -2.45. The van der Waals surface area contributed by atoms with Crippen molar-refractivity contribution < 1.29 is 15.0 Å². The van der Waals surface area contributed by atoms with Crippen molar-refractivity contribution >= 4 is 5.91 Å². The van der Waals surface area contributed by atoms with Crippen LogP contribution in [0.15, 0.2) is 0 Å². The summed E-state index contributed by atoms with van der Waals surface area (Å²) in [6, 6.07) is -0.527. The molecule has 0 bridgehead atoms. The normalized spacial score (nSPS) is 13.0. The van der Waals surface area contributed by atoms with Gasteiger partial charge in [-0.05, 0) is 12.8 Å². The molecule has 2 unspecified atom stereocenters. The zero-order valence-electron chi connectivity index (χ0n) is 28.1. The molecule has 0 aromatic rings. The lowest BCUT2D eigenvalue weighted by atomic mass is 10.0. The van der Waals surface area contributed by atoms with Crippen LogP contribution < -0.4 is 5.32 Å². The first kappa shape index (κ1) is 40.4. The van der Waals surface area contributed by atoms with Crippen molar-refractivity contribution in [3.8, 4) is 0 Å². The maximum atomic E-state index is 12.3. The van der Waals surface area contributed by atoms with Crippen LogP contribution in [-0.4, -0.2) is 34.9 Å². The van der Waals surface area contributed by atoms with E-state index < -0.39 is 12.1 Å². The predicted octanol–water partition coefficient (Wildman–Crippen LogP) is 11.0. The van der Waals surface area contributed by atoms with Crippen LogP contribution in [0.3, 0.4) is 0 Å². The molecule has 0 rings (SSSR count). The molecule has 41 heavy (non-hydrogen) atoms. The summed E-state index contributed by atoms with van der Waals surface area (Å²) in [5, 5.41) is 23.0. The van der Waals surface area contributed by atoms with Gasteiger partial charge < -0.3 is 15.5 Å². The average molecular weight is 582 g/mol. The molecule has 0 aromatic carbocycles. The predicted molar refractivity (Wildman–Crippen MR) is 179 cm³/mol. The molecule has 4 heteroatoms. The van der Waals surface area contributed by atoms with Crippen LogP contribution in [0.2, 0.25) is 0 Å².